The summed E-state index contributed by atoms with van der Waals surface area (Å²) in [7, 11) is 1.85. The van der Waals surface area contributed by atoms with Crippen LogP contribution in [0.3, 0.4) is 0 Å². The molecule has 2 aliphatic carbocycles. The van der Waals surface area contributed by atoms with Crippen LogP contribution >= 0.6 is 0 Å². The van der Waals surface area contributed by atoms with Crippen LogP contribution in [0.4, 0.5) is 0 Å². The SMILES string of the molecule is CCCNCC1CC1(COC)C1CC1. The molecule has 0 saturated heterocycles. The fourth-order valence-electron chi connectivity index (χ4n) is 2.85. The summed E-state index contributed by atoms with van der Waals surface area (Å²) in [6, 6.07) is 0. The quantitative estimate of drug-likeness (QED) is 0.631. The van der Waals surface area contributed by atoms with Crippen LogP contribution in [-0.2, 0) is 4.74 Å². The van der Waals surface area contributed by atoms with Crippen LogP contribution in [0.15, 0.2) is 0 Å². The number of nitrogens with one attached hydrogen (secondary N) is 1. The van der Waals surface area contributed by atoms with Crippen molar-refractivity contribution in [2.45, 2.75) is 32.6 Å². The summed E-state index contributed by atoms with van der Waals surface area (Å²) in [5.41, 5.74) is 0.593. The normalized spacial score (nSPS) is 36.0. The van der Waals surface area contributed by atoms with Gasteiger partial charge in [-0.25, -0.2) is 0 Å². The van der Waals surface area contributed by atoms with Gasteiger partial charge in [-0.15, -0.1) is 0 Å². The molecule has 2 fully saturated rings. The maximum absolute atomic E-state index is 5.38. The second-order valence-corrected chi connectivity index (χ2v) is 5.05. The van der Waals surface area contributed by atoms with Crippen LogP contribution in [0, 0.1) is 17.3 Å². The predicted molar refractivity (Wildman–Crippen MR) is 58.3 cm³/mol. The fraction of sp³-hybridized carbons (Fsp3) is 1.00. The zero-order valence-electron chi connectivity index (χ0n) is 9.51. The Balaban J connectivity index is 1.74. The van der Waals surface area contributed by atoms with Gasteiger partial charge in [0.25, 0.3) is 0 Å². The Morgan fingerprint density at radius 2 is 2.21 bits per heavy atom. The average Bonchev–Trinajstić information content (AvgIpc) is 2.98. The van der Waals surface area contributed by atoms with Crippen molar-refractivity contribution in [3.63, 3.8) is 0 Å². The van der Waals surface area contributed by atoms with Gasteiger partial charge in [0, 0.05) is 12.5 Å². The fourth-order valence-corrected chi connectivity index (χ4v) is 2.85. The summed E-state index contributed by atoms with van der Waals surface area (Å²) < 4.78 is 5.38. The van der Waals surface area contributed by atoms with Gasteiger partial charge < -0.3 is 10.1 Å². The highest BCUT2D eigenvalue weighted by molar-refractivity contribution is 5.10. The Morgan fingerprint density at radius 3 is 2.79 bits per heavy atom. The van der Waals surface area contributed by atoms with E-state index in [-0.39, 0.29) is 0 Å². The number of ether oxygens (including phenoxy) is 1. The van der Waals surface area contributed by atoms with Crippen molar-refractivity contribution in [3.05, 3.63) is 0 Å². The number of rotatable bonds is 7. The summed E-state index contributed by atoms with van der Waals surface area (Å²) >= 11 is 0. The minimum Gasteiger partial charge on any atom is -0.384 e. The van der Waals surface area contributed by atoms with E-state index in [1.165, 1.54) is 38.8 Å². The van der Waals surface area contributed by atoms with Crippen molar-refractivity contribution in [2.75, 3.05) is 26.8 Å². The molecule has 2 heteroatoms. The van der Waals surface area contributed by atoms with E-state index in [1.54, 1.807) is 0 Å². The van der Waals surface area contributed by atoms with E-state index in [0.29, 0.717) is 5.41 Å². The van der Waals surface area contributed by atoms with E-state index in [4.69, 9.17) is 4.74 Å². The first-order chi connectivity index (χ1) is 6.83. The molecule has 0 aromatic carbocycles. The third kappa shape index (κ3) is 1.96. The Kier molecular flexibility index (Phi) is 3.13. The first kappa shape index (κ1) is 10.4. The molecule has 0 aromatic heterocycles. The maximum Gasteiger partial charge on any atom is 0.0524 e. The third-order valence-corrected chi connectivity index (χ3v) is 3.90. The highest BCUT2D eigenvalue weighted by Crippen LogP contribution is 2.65. The maximum atomic E-state index is 5.38. The topological polar surface area (TPSA) is 21.3 Å². The Bertz CT molecular complexity index is 191. The second kappa shape index (κ2) is 4.19. The van der Waals surface area contributed by atoms with Crippen molar-refractivity contribution < 1.29 is 4.74 Å². The highest BCUT2D eigenvalue weighted by Gasteiger charge is 2.61. The molecule has 0 spiro atoms. The van der Waals surface area contributed by atoms with Gasteiger partial charge >= 0.3 is 0 Å². The summed E-state index contributed by atoms with van der Waals surface area (Å²) in [4.78, 5) is 0. The van der Waals surface area contributed by atoms with Gasteiger partial charge in [-0.2, -0.15) is 0 Å². The van der Waals surface area contributed by atoms with Crippen molar-refractivity contribution in [2.24, 2.45) is 17.3 Å². The summed E-state index contributed by atoms with van der Waals surface area (Å²) in [6.45, 7) is 5.61. The molecule has 2 rings (SSSR count). The molecule has 0 amide bonds. The predicted octanol–water partition coefficient (Wildman–Crippen LogP) is 2.05. The lowest BCUT2D eigenvalue weighted by atomic mass is 9.98. The van der Waals surface area contributed by atoms with E-state index in [2.05, 4.69) is 12.2 Å². The molecule has 2 aliphatic rings. The molecule has 1 N–H and O–H groups in total. The Hall–Kier alpha value is -0.0800. The molecule has 2 atom stereocenters. The van der Waals surface area contributed by atoms with E-state index in [1.807, 2.05) is 7.11 Å². The van der Waals surface area contributed by atoms with Crippen LogP contribution in [0.5, 0.6) is 0 Å². The van der Waals surface area contributed by atoms with Crippen molar-refractivity contribution in [1.82, 2.24) is 5.32 Å². The minimum atomic E-state index is 0.593. The zero-order chi connectivity index (χ0) is 10.0. The molecule has 14 heavy (non-hydrogen) atoms. The molecular formula is C12H23NO. The Morgan fingerprint density at radius 1 is 1.43 bits per heavy atom. The van der Waals surface area contributed by atoms with Gasteiger partial charge in [-0.3, -0.25) is 0 Å². The molecule has 2 unspecified atom stereocenters. The van der Waals surface area contributed by atoms with Crippen LogP contribution in [0.25, 0.3) is 0 Å². The number of methoxy groups -OCH3 is 1. The van der Waals surface area contributed by atoms with Gasteiger partial charge in [0.15, 0.2) is 0 Å². The molecule has 0 radical (unpaired) electrons. The van der Waals surface area contributed by atoms with Crippen molar-refractivity contribution in [1.29, 1.82) is 0 Å². The monoisotopic (exact) mass is 197 g/mol. The lowest BCUT2D eigenvalue weighted by Crippen LogP contribution is -2.23. The zero-order valence-corrected chi connectivity index (χ0v) is 9.51. The number of hydrogen-bond acceptors (Lipinski definition) is 2. The van der Waals surface area contributed by atoms with Crippen molar-refractivity contribution >= 4 is 0 Å². The number of hydrogen-bond donors (Lipinski definition) is 1. The van der Waals surface area contributed by atoms with Gasteiger partial charge in [-0.05, 0) is 50.6 Å². The van der Waals surface area contributed by atoms with Crippen molar-refractivity contribution in [3.8, 4) is 0 Å². The molecule has 0 aromatic rings. The van der Waals surface area contributed by atoms with Gasteiger partial charge in [0.2, 0.25) is 0 Å². The Labute approximate surface area is 87.4 Å². The standard InChI is InChI=1S/C12H23NO/c1-3-6-13-8-11-7-12(11,9-14-2)10-4-5-10/h10-11,13H,3-9H2,1-2H3. The average molecular weight is 197 g/mol. The lowest BCUT2D eigenvalue weighted by Gasteiger charge is -2.15. The summed E-state index contributed by atoms with van der Waals surface area (Å²) in [5, 5.41) is 3.54. The first-order valence-corrected chi connectivity index (χ1v) is 6.03. The molecule has 0 heterocycles. The van der Waals surface area contributed by atoms with Gasteiger partial charge in [0.1, 0.15) is 0 Å². The molecule has 2 saturated carbocycles. The van der Waals surface area contributed by atoms with E-state index in [9.17, 15) is 0 Å². The summed E-state index contributed by atoms with van der Waals surface area (Å²) in [6.07, 6.45) is 5.55. The smallest absolute Gasteiger partial charge is 0.0524 e. The van der Waals surface area contributed by atoms with E-state index < -0.39 is 0 Å². The van der Waals surface area contributed by atoms with Gasteiger partial charge in [-0.1, -0.05) is 6.92 Å². The third-order valence-electron chi connectivity index (χ3n) is 3.90. The first-order valence-electron chi connectivity index (χ1n) is 6.03. The van der Waals surface area contributed by atoms with E-state index in [0.717, 1.165) is 18.4 Å². The molecular weight excluding hydrogens is 174 g/mol. The molecule has 2 nitrogen and oxygen atoms in total. The van der Waals surface area contributed by atoms with Crippen LogP contribution in [0.2, 0.25) is 0 Å². The van der Waals surface area contributed by atoms with Crippen LogP contribution in [-0.4, -0.2) is 26.8 Å². The summed E-state index contributed by atoms with van der Waals surface area (Å²) in [5.74, 6) is 1.90. The largest absolute Gasteiger partial charge is 0.384 e. The minimum absolute atomic E-state index is 0.593. The molecule has 0 bridgehead atoms. The molecule has 82 valence electrons. The van der Waals surface area contributed by atoms with Crippen LogP contribution in [0.1, 0.15) is 32.6 Å². The molecule has 0 aliphatic heterocycles. The van der Waals surface area contributed by atoms with Crippen LogP contribution < -0.4 is 5.32 Å². The lowest BCUT2D eigenvalue weighted by molar-refractivity contribution is 0.119. The van der Waals surface area contributed by atoms with E-state index >= 15 is 0 Å². The highest BCUT2D eigenvalue weighted by atomic mass is 16.5. The van der Waals surface area contributed by atoms with Gasteiger partial charge in [0.05, 0.1) is 6.61 Å². The second-order valence-electron chi connectivity index (χ2n) is 5.05.